The second-order valence-electron chi connectivity index (χ2n) is 5.06. The van der Waals surface area contributed by atoms with Crippen LogP contribution in [0.5, 0.6) is 0 Å². The molecule has 110 valence electrons. The molecular formula is C15H20ClNO3. The molecule has 0 spiro atoms. The summed E-state index contributed by atoms with van der Waals surface area (Å²) in [6, 6.07) is 7.58. The van der Waals surface area contributed by atoms with Gasteiger partial charge in [0.25, 0.3) is 0 Å². The van der Waals surface area contributed by atoms with Crippen LogP contribution in [0.3, 0.4) is 0 Å². The standard InChI is InChI=1S/C15H20ClNO3/c1-15(19-9-10-20-15)7-8-17-14(18)6-5-12-3-2-4-13(16)11-12/h2-4,11H,5-10H2,1H3,(H,17,18). The molecule has 1 saturated heterocycles. The highest BCUT2D eigenvalue weighted by atomic mass is 35.5. The van der Waals surface area contributed by atoms with Crippen LogP contribution in [-0.2, 0) is 20.7 Å². The molecule has 0 unspecified atom stereocenters. The minimum Gasteiger partial charge on any atom is -0.356 e. The third kappa shape index (κ3) is 4.78. The van der Waals surface area contributed by atoms with Crippen molar-refractivity contribution in [1.29, 1.82) is 0 Å². The number of hydrogen-bond acceptors (Lipinski definition) is 3. The molecule has 0 aromatic heterocycles. The Balaban J connectivity index is 1.65. The first-order valence-corrected chi connectivity index (χ1v) is 7.24. The number of hydrogen-bond donors (Lipinski definition) is 1. The summed E-state index contributed by atoms with van der Waals surface area (Å²) in [7, 11) is 0. The monoisotopic (exact) mass is 297 g/mol. The summed E-state index contributed by atoms with van der Waals surface area (Å²) in [6.45, 7) is 3.71. The SMILES string of the molecule is CC1(CCNC(=O)CCc2cccc(Cl)c2)OCCO1. The van der Waals surface area contributed by atoms with Crippen molar-refractivity contribution in [3.05, 3.63) is 34.9 Å². The van der Waals surface area contributed by atoms with Gasteiger partial charge in [-0.2, -0.15) is 0 Å². The number of amides is 1. The van der Waals surface area contributed by atoms with Crippen molar-refractivity contribution in [3.63, 3.8) is 0 Å². The van der Waals surface area contributed by atoms with Crippen molar-refractivity contribution in [2.45, 2.75) is 32.0 Å². The van der Waals surface area contributed by atoms with Crippen molar-refractivity contribution >= 4 is 17.5 Å². The van der Waals surface area contributed by atoms with E-state index >= 15 is 0 Å². The second-order valence-corrected chi connectivity index (χ2v) is 5.50. The van der Waals surface area contributed by atoms with Crippen LogP contribution in [0.2, 0.25) is 5.02 Å². The van der Waals surface area contributed by atoms with Gasteiger partial charge in [0.2, 0.25) is 5.91 Å². The second kappa shape index (κ2) is 7.07. The highest BCUT2D eigenvalue weighted by Gasteiger charge is 2.30. The number of ether oxygens (including phenoxy) is 2. The molecule has 1 fully saturated rings. The normalized spacial score (nSPS) is 17.1. The Morgan fingerprint density at radius 1 is 1.40 bits per heavy atom. The lowest BCUT2D eigenvalue weighted by molar-refractivity contribution is -0.146. The maximum Gasteiger partial charge on any atom is 0.220 e. The van der Waals surface area contributed by atoms with Crippen molar-refractivity contribution in [2.75, 3.05) is 19.8 Å². The molecule has 1 aromatic rings. The molecule has 0 radical (unpaired) electrons. The van der Waals surface area contributed by atoms with Gasteiger partial charge in [-0.15, -0.1) is 0 Å². The zero-order valence-electron chi connectivity index (χ0n) is 11.7. The largest absolute Gasteiger partial charge is 0.356 e. The summed E-state index contributed by atoms with van der Waals surface area (Å²) >= 11 is 5.90. The fraction of sp³-hybridized carbons (Fsp3) is 0.533. The van der Waals surface area contributed by atoms with Crippen LogP contribution in [0.25, 0.3) is 0 Å². The number of carbonyl (C=O) groups is 1. The van der Waals surface area contributed by atoms with Crippen molar-refractivity contribution in [1.82, 2.24) is 5.32 Å². The molecule has 1 aliphatic rings. The van der Waals surface area contributed by atoms with Gasteiger partial charge in [-0.3, -0.25) is 4.79 Å². The zero-order valence-corrected chi connectivity index (χ0v) is 12.4. The topological polar surface area (TPSA) is 47.6 Å². The van der Waals surface area contributed by atoms with Gasteiger partial charge in [-0.25, -0.2) is 0 Å². The smallest absolute Gasteiger partial charge is 0.220 e. The Kier molecular flexibility index (Phi) is 5.40. The predicted octanol–water partition coefficient (Wildman–Crippen LogP) is 2.54. The summed E-state index contributed by atoms with van der Waals surface area (Å²) in [5, 5.41) is 3.59. The molecule has 1 aromatic carbocycles. The van der Waals surface area contributed by atoms with Crippen LogP contribution >= 0.6 is 11.6 Å². The Labute approximate surface area is 124 Å². The molecule has 1 heterocycles. The highest BCUT2D eigenvalue weighted by Crippen LogP contribution is 2.21. The van der Waals surface area contributed by atoms with Crippen LogP contribution < -0.4 is 5.32 Å². The first kappa shape index (κ1) is 15.3. The Hall–Kier alpha value is -1.10. The predicted molar refractivity (Wildman–Crippen MR) is 77.7 cm³/mol. The molecule has 4 nitrogen and oxygen atoms in total. The summed E-state index contributed by atoms with van der Waals surface area (Å²) in [5.41, 5.74) is 1.07. The van der Waals surface area contributed by atoms with Crippen molar-refractivity contribution in [2.24, 2.45) is 0 Å². The maximum absolute atomic E-state index is 11.8. The van der Waals surface area contributed by atoms with Crippen LogP contribution in [-0.4, -0.2) is 31.5 Å². The summed E-state index contributed by atoms with van der Waals surface area (Å²) in [4.78, 5) is 11.8. The van der Waals surface area contributed by atoms with E-state index in [1.807, 2.05) is 31.2 Å². The number of carbonyl (C=O) groups excluding carboxylic acids is 1. The molecule has 1 amide bonds. The van der Waals surface area contributed by atoms with Gasteiger partial charge in [0.05, 0.1) is 13.2 Å². The maximum atomic E-state index is 11.8. The molecule has 1 N–H and O–H groups in total. The number of aryl methyl sites for hydroxylation is 1. The third-order valence-electron chi connectivity index (χ3n) is 3.33. The summed E-state index contributed by atoms with van der Waals surface area (Å²) in [6.07, 6.45) is 1.81. The first-order chi connectivity index (χ1) is 9.57. The Morgan fingerprint density at radius 2 is 2.15 bits per heavy atom. The van der Waals surface area contributed by atoms with E-state index < -0.39 is 5.79 Å². The van der Waals surface area contributed by atoms with Crippen LogP contribution in [0.1, 0.15) is 25.3 Å². The van der Waals surface area contributed by atoms with Gasteiger partial charge >= 0.3 is 0 Å². The molecule has 0 aliphatic carbocycles. The minimum absolute atomic E-state index is 0.0339. The van der Waals surface area contributed by atoms with E-state index in [0.29, 0.717) is 44.0 Å². The van der Waals surface area contributed by atoms with E-state index in [1.54, 1.807) is 0 Å². The van der Waals surface area contributed by atoms with Crippen LogP contribution in [0.15, 0.2) is 24.3 Å². The van der Waals surface area contributed by atoms with E-state index in [1.165, 1.54) is 0 Å². The van der Waals surface area contributed by atoms with Gasteiger partial charge in [0.1, 0.15) is 0 Å². The average molecular weight is 298 g/mol. The van der Waals surface area contributed by atoms with Crippen LogP contribution in [0, 0.1) is 0 Å². The lowest BCUT2D eigenvalue weighted by Gasteiger charge is -2.22. The van der Waals surface area contributed by atoms with E-state index in [9.17, 15) is 4.79 Å². The van der Waals surface area contributed by atoms with Gasteiger partial charge < -0.3 is 14.8 Å². The van der Waals surface area contributed by atoms with Crippen molar-refractivity contribution < 1.29 is 14.3 Å². The average Bonchev–Trinajstić information content (AvgIpc) is 2.83. The molecule has 0 atom stereocenters. The highest BCUT2D eigenvalue weighted by molar-refractivity contribution is 6.30. The Morgan fingerprint density at radius 3 is 2.85 bits per heavy atom. The molecule has 0 saturated carbocycles. The molecule has 0 bridgehead atoms. The van der Waals surface area contributed by atoms with Gasteiger partial charge in [-0.1, -0.05) is 23.7 Å². The Bertz CT molecular complexity index is 458. The quantitative estimate of drug-likeness (QED) is 0.878. The number of benzene rings is 1. The summed E-state index contributed by atoms with van der Waals surface area (Å²) in [5.74, 6) is -0.508. The number of halogens is 1. The number of rotatable bonds is 6. The van der Waals surface area contributed by atoms with Crippen LogP contribution in [0.4, 0.5) is 0 Å². The lowest BCUT2D eigenvalue weighted by Crippen LogP contribution is -2.33. The number of nitrogens with one attached hydrogen (secondary N) is 1. The molecule has 1 aliphatic heterocycles. The van der Waals surface area contributed by atoms with Crippen molar-refractivity contribution in [3.8, 4) is 0 Å². The van der Waals surface area contributed by atoms with E-state index in [4.69, 9.17) is 21.1 Å². The third-order valence-corrected chi connectivity index (χ3v) is 3.56. The van der Waals surface area contributed by atoms with E-state index in [2.05, 4.69) is 5.32 Å². The van der Waals surface area contributed by atoms with E-state index in [0.717, 1.165) is 5.56 Å². The molecule has 5 heteroatoms. The molecule has 20 heavy (non-hydrogen) atoms. The van der Waals surface area contributed by atoms with Gasteiger partial charge in [-0.05, 0) is 31.0 Å². The first-order valence-electron chi connectivity index (χ1n) is 6.86. The molecule has 2 rings (SSSR count). The van der Waals surface area contributed by atoms with Gasteiger partial charge in [0.15, 0.2) is 5.79 Å². The fourth-order valence-corrected chi connectivity index (χ4v) is 2.38. The lowest BCUT2D eigenvalue weighted by atomic mass is 10.1. The fourth-order valence-electron chi connectivity index (χ4n) is 2.17. The minimum atomic E-state index is -0.541. The zero-order chi connectivity index (χ0) is 14.4. The summed E-state index contributed by atoms with van der Waals surface area (Å²) < 4.78 is 11.0. The van der Waals surface area contributed by atoms with Gasteiger partial charge in [0, 0.05) is 24.4 Å². The molecular weight excluding hydrogens is 278 g/mol. The van der Waals surface area contributed by atoms with E-state index in [-0.39, 0.29) is 5.91 Å².